The van der Waals surface area contributed by atoms with Crippen LogP contribution in [0.1, 0.15) is 59.9 Å². The van der Waals surface area contributed by atoms with Gasteiger partial charge in [-0.3, -0.25) is 14.3 Å². The highest BCUT2D eigenvalue weighted by Gasteiger charge is 2.40. The van der Waals surface area contributed by atoms with Crippen LogP contribution in [0.5, 0.6) is 0 Å². The maximum atomic E-state index is 13.3. The number of nitrogens with two attached hydrogens (primary N) is 1. The quantitative estimate of drug-likeness (QED) is 0.333. The Bertz CT molecular complexity index is 1580. The average Bonchev–Trinajstić information content (AvgIpc) is 3.54. The lowest BCUT2D eigenvalue weighted by molar-refractivity contribution is 0.0698. The molecular weight excluding hydrogens is 510 g/mol. The standard InChI is InChI=1S/C25H31N7O5S/c1-13(14-5-6-14)31-11-16-9-15(10-18(19(16)24(31)35)30-38(4,36)37)17-7-8-32-22(27-17)20(21(26)29-32)23(34)28-25(2,3)12-33/h7-10,13-14,30,33H,5-6,11-12H2,1-4H3,(H2,26,29)(H,28,34)/t13-/m0/s1. The van der Waals surface area contributed by atoms with Crippen LogP contribution in [0.25, 0.3) is 16.9 Å². The van der Waals surface area contributed by atoms with E-state index < -0.39 is 21.5 Å². The summed E-state index contributed by atoms with van der Waals surface area (Å²) >= 11 is 0. The lowest BCUT2D eigenvalue weighted by Crippen LogP contribution is -2.46. The molecule has 1 atom stereocenters. The fraction of sp³-hybridized carbons (Fsp3) is 0.440. The summed E-state index contributed by atoms with van der Waals surface area (Å²) in [5, 5.41) is 16.4. The molecule has 0 unspecified atom stereocenters. The highest BCUT2D eigenvalue weighted by molar-refractivity contribution is 7.92. The second kappa shape index (κ2) is 8.95. The molecule has 0 bridgehead atoms. The zero-order valence-corrected chi connectivity index (χ0v) is 22.5. The van der Waals surface area contributed by atoms with E-state index in [1.54, 1.807) is 37.1 Å². The molecule has 38 heavy (non-hydrogen) atoms. The van der Waals surface area contributed by atoms with Crippen LogP contribution in [0, 0.1) is 5.92 Å². The summed E-state index contributed by atoms with van der Waals surface area (Å²) in [6.45, 7) is 5.44. The molecule has 1 aliphatic heterocycles. The summed E-state index contributed by atoms with van der Waals surface area (Å²) in [6, 6.07) is 5.13. The zero-order valence-electron chi connectivity index (χ0n) is 21.6. The van der Waals surface area contributed by atoms with Crippen molar-refractivity contribution in [1.82, 2.24) is 24.8 Å². The number of fused-ring (bicyclic) bond motifs is 2. The van der Waals surface area contributed by atoms with E-state index in [1.807, 2.05) is 13.0 Å². The first-order chi connectivity index (χ1) is 17.8. The van der Waals surface area contributed by atoms with Gasteiger partial charge in [0.15, 0.2) is 11.5 Å². The van der Waals surface area contributed by atoms with Crippen LogP contribution in [0.2, 0.25) is 0 Å². The summed E-state index contributed by atoms with van der Waals surface area (Å²) in [7, 11) is -3.68. The Kier molecular flexibility index (Phi) is 6.10. The number of aromatic nitrogens is 3. The van der Waals surface area contributed by atoms with E-state index in [4.69, 9.17) is 5.73 Å². The normalized spacial score (nSPS) is 16.6. The summed E-state index contributed by atoms with van der Waals surface area (Å²) in [4.78, 5) is 32.8. The van der Waals surface area contributed by atoms with Crippen LogP contribution in [-0.2, 0) is 16.6 Å². The van der Waals surface area contributed by atoms with Gasteiger partial charge in [0, 0.05) is 24.3 Å². The number of benzene rings is 1. The van der Waals surface area contributed by atoms with Crippen molar-refractivity contribution in [2.24, 2.45) is 5.92 Å². The second-order valence-electron chi connectivity index (χ2n) is 10.8. The van der Waals surface area contributed by atoms with E-state index in [9.17, 15) is 23.1 Å². The molecule has 1 aromatic carbocycles. The van der Waals surface area contributed by atoms with E-state index in [0.717, 1.165) is 19.1 Å². The molecule has 5 N–H and O–H groups in total. The van der Waals surface area contributed by atoms with Crippen LogP contribution in [0.3, 0.4) is 0 Å². The van der Waals surface area contributed by atoms with E-state index in [0.29, 0.717) is 34.8 Å². The second-order valence-corrected chi connectivity index (χ2v) is 12.5. The van der Waals surface area contributed by atoms with Gasteiger partial charge in [-0.1, -0.05) is 0 Å². The van der Waals surface area contributed by atoms with Crippen molar-refractivity contribution in [3.05, 3.63) is 41.1 Å². The van der Waals surface area contributed by atoms with Gasteiger partial charge in [0.2, 0.25) is 10.0 Å². The Hall–Kier alpha value is -3.71. The molecule has 202 valence electrons. The summed E-state index contributed by atoms with van der Waals surface area (Å²) in [5.41, 5.74) is 7.64. The first-order valence-corrected chi connectivity index (χ1v) is 14.2. The van der Waals surface area contributed by atoms with Gasteiger partial charge in [-0.25, -0.2) is 17.9 Å². The highest BCUT2D eigenvalue weighted by Crippen LogP contribution is 2.41. The van der Waals surface area contributed by atoms with E-state index >= 15 is 0 Å². The fourth-order valence-corrected chi connectivity index (χ4v) is 5.36. The molecule has 5 rings (SSSR count). The van der Waals surface area contributed by atoms with Gasteiger partial charge in [0.1, 0.15) is 5.56 Å². The third-order valence-electron chi connectivity index (χ3n) is 7.01. The molecule has 1 aliphatic carbocycles. The number of sulfonamides is 1. The van der Waals surface area contributed by atoms with Crippen LogP contribution < -0.4 is 15.8 Å². The number of nitrogens with one attached hydrogen (secondary N) is 2. The first-order valence-electron chi connectivity index (χ1n) is 12.3. The van der Waals surface area contributed by atoms with Gasteiger partial charge in [-0.15, -0.1) is 5.10 Å². The number of carbonyl (C=O) groups is 2. The van der Waals surface area contributed by atoms with Gasteiger partial charge in [-0.2, -0.15) is 0 Å². The molecule has 0 radical (unpaired) electrons. The van der Waals surface area contributed by atoms with E-state index in [-0.39, 0.29) is 41.3 Å². The number of aliphatic hydroxyl groups is 1. The largest absolute Gasteiger partial charge is 0.394 e. The molecule has 0 spiro atoms. The summed E-state index contributed by atoms with van der Waals surface area (Å²) in [5.74, 6) is -0.306. The van der Waals surface area contributed by atoms with E-state index in [2.05, 4.69) is 20.1 Å². The van der Waals surface area contributed by atoms with Gasteiger partial charge >= 0.3 is 0 Å². The summed E-state index contributed by atoms with van der Waals surface area (Å²) < 4.78 is 28.3. The van der Waals surface area contributed by atoms with Gasteiger partial charge in [0.05, 0.1) is 35.3 Å². The minimum atomic E-state index is -3.68. The van der Waals surface area contributed by atoms with Gasteiger partial charge < -0.3 is 21.1 Å². The van der Waals surface area contributed by atoms with Crippen molar-refractivity contribution in [3.8, 4) is 11.3 Å². The molecular formula is C25H31N7O5S. The number of carbonyl (C=O) groups excluding carboxylic acids is 2. The Morgan fingerprint density at radius 3 is 2.66 bits per heavy atom. The molecule has 13 heteroatoms. The molecule has 12 nitrogen and oxygen atoms in total. The van der Waals surface area contributed by atoms with Crippen LogP contribution >= 0.6 is 0 Å². The molecule has 2 aliphatic rings. The molecule has 2 amide bonds. The third-order valence-corrected chi connectivity index (χ3v) is 7.60. The highest BCUT2D eigenvalue weighted by atomic mass is 32.2. The summed E-state index contributed by atoms with van der Waals surface area (Å²) in [6.07, 6.45) is 4.79. The Labute approximate surface area is 220 Å². The first kappa shape index (κ1) is 25.9. The van der Waals surface area contributed by atoms with Crippen molar-refractivity contribution in [2.75, 3.05) is 23.3 Å². The molecule has 2 aromatic heterocycles. The lowest BCUT2D eigenvalue weighted by atomic mass is 10.0. The number of nitrogen functional groups attached to an aromatic ring is 1. The van der Waals surface area contributed by atoms with Gasteiger partial charge in [0.25, 0.3) is 11.8 Å². The Balaban J connectivity index is 1.60. The van der Waals surface area contributed by atoms with E-state index in [1.165, 1.54) is 4.52 Å². The molecule has 1 saturated carbocycles. The maximum absolute atomic E-state index is 13.3. The maximum Gasteiger partial charge on any atom is 0.259 e. The number of aliphatic hydroxyl groups excluding tert-OH is 1. The number of hydrogen-bond acceptors (Lipinski definition) is 8. The molecule has 0 saturated heterocycles. The third kappa shape index (κ3) is 4.78. The van der Waals surface area contributed by atoms with Crippen molar-refractivity contribution >= 4 is 39.0 Å². The SMILES string of the molecule is C[C@@H](C1CC1)N1Cc2cc(-c3ccn4nc(N)c(C(=O)NC(C)(C)CO)c4n3)cc(NS(C)(=O)=O)c2C1=O. The van der Waals surface area contributed by atoms with Crippen LogP contribution in [-0.4, -0.2) is 69.3 Å². The Morgan fingerprint density at radius 1 is 1.32 bits per heavy atom. The van der Waals surface area contributed by atoms with Crippen molar-refractivity contribution in [1.29, 1.82) is 0 Å². The number of anilines is 2. The van der Waals surface area contributed by atoms with Crippen molar-refractivity contribution in [3.63, 3.8) is 0 Å². The topological polar surface area (TPSA) is 172 Å². The van der Waals surface area contributed by atoms with Gasteiger partial charge in [-0.05, 0) is 63.3 Å². The number of hydrogen-bond donors (Lipinski definition) is 4. The number of amides is 2. The monoisotopic (exact) mass is 541 g/mol. The fourth-order valence-electron chi connectivity index (χ4n) is 4.80. The predicted molar refractivity (Wildman–Crippen MR) is 142 cm³/mol. The molecule has 3 aromatic rings. The minimum Gasteiger partial charge on any atom is -0.394 e. The molecule has 3 heterocycles. The smallest absolute Gasteiger partial charge is 0.259 e. The Morgan fingerprint density at radius 2 is 2.03 bits per heavy atom. The zero-order chi connectivity index (χ0) is 27.6. The van der Waals surface area contributed by atoms with Crippen molar-refractivity contribution in [2.45, 2.75) is 51.7 Å². The van der Waals surface area contributed by atoms with Crippen LogP contribution in [0.15, 0.2) is 24.4 Å². The number of nitrogens with zero attached hydrogens (tertiary/aromatic N) is 4. The lowest BCUT2D eigenvalue weighted by Gasteiger charge is -2.24. The minimum absolute atomic E-state index is 0.0235. The average molecular weight is 542 g/mol. The molecule has 1 fully saturated rings. The number of rotatable bonds is 8. The van der Waals surface area contributed by atoms with Crippen molar-refractivity contribution < 1.29 is 23.1 Å². The van der Waals surface area contributed by atoms with Crippen LogP contribution in [0.4, 0.5) is 11.5 Å². The predicted octanol–water partition coefficient (Wildman–Crippen LogP) is 1.60.